The van der Waals surface area contributed by atoms with Crippen LogP contribution in [0.4, 0.5) is 0 Å². The zero-order valence-corrected chi connectivity index (χ0v) is 18.3. The minimum atomic E-state index is -0.399. The van der Waals surface area contributed by atoms with Crippen molar-refractivity contribution in [2.24, 2.45) is 0 Å². The predicted molar refractivity (Wildman–Crippen MR) is 118 cm³/mol. The second-order valence-corrected chi connectivity index (χ2v) is 7.71. The molecule has 0 aromatic carbocycles. The summed E-state index contributed by atoms with van der Waals surface area (Å²) >= 11 is 0. The highest BCUT2D eigenvalue weighted by Gasteiger charge is 2.09. The van der Waals surface area contributed by atoms with Crippen LogP contribution >= 0.6 is 0 Å². The summed E-state index contributed by atoms with van der Waals surface area (Å²) in [5.41, 5.74) is 0.298. The minimum absolute atomic E-state index is 0.117. The molecular weight excluding hydrogens is 364 g/mol. The molecule has 1 aromatic heterocycles. The number of esters is 1. The smallest absolute Gasteiger partial charge is 0.325 e. The number of nitrogens with one attached hydrogen (secondary N) is 1. The molecule has 0 spiro atoms. The van der Waals surface area contributed by atoms with Gasteiger partial charge in [-0.25, -0.2) is 0 Å². The molecule has 1 heterocycles. The Balaban J connectivity index is 1.82. The largest absolute Gasteiger partial charge is 0.464 e. The maximum atomic E-state index is 11.8. The maximum Gasteiger partial charge on any atom is 0.325 e. The van der Waals surface area contributed by atoms with E-state index in [4.69, 9.17) is 4.74 Å². The molecule has 164 valence electrons. The van der Waals surface area contributed by atoms with Crippen LogP contribution in [0.3, 0.4) is 0 Å². The second kappa shape index (κ2) is 18.1. The van der Waals surface area contributed by atoms with Crippen molar-refractivity contribution in [3.05, 3.63) is 30.1 Å². The Morgan fingerprint density at radius 2 is 1.38 bits per heavy atom. The van der Waals surface area contributed by atoms with Gasteiger partial charge in [0.05, 0.1) is 6.61 Å². The summed E-state index contributed by atoms with van der Waals surface area (Å²) in [6, 6.07) is 5.08. The molecule has 1 rings (SSSR count). The van der Waals surface area contributed by atoms with E-state index in [0.29, 0.717) is 12.3 Å². The summed E-state index contributed by atoms with van der Waals surface area (Å²) in [5, 5.41) is 2.52. The Morgan fingerprint density at radius 1 is 0.828 bits per heavy atom. The van der Waals surface area contributed by atoms with Crippen molar-refractivity contribution in [2.45, 2.75) is 96.8 Å². The van der Waals surface area contributed by atoms with E-state index in [0.717, 1.165) is 12.8 Å². The number of nitrogens with zero attached hydrogens (tertiary/aromatic N) is 1. The standard InChI is InChI=1S/C24H40N2O3/c1-2-3-4-5-6-7-8-9-10-11-12-13-14-17-20-29-23(27)21-26-24(28)22-18-15-16-19-25-22/h15-16,18-19H,2-14,17,20-21H2,1H3,(H,26,28). The Labute approximate surface area is 177 Å². The van der Waals surface area contributed by atoms with Crippen LogP contribution in [0.2, 0.25) is 0 Å². The molecule has 0 aliphatic carbocycles. The van der Waals surface area contributed by atoms with Crippen LogP contribution in [-0.2, 0) is 9.53 Å². The molecule has 0 atom stereocenters. The van der Waals surface area contributed by atoms with E-state index in [-0.39, 0.29) is 12.5 Å². The third-order valence-corrected chi connectivity index (χ3v) is 5.05. The molecule has 1 amide bonds. The quantitative estimate of drug-likeness (QED) is 0.247. The molecule has 1 aromatic rings. The van der Waals surface area contributed by atoms with Crippen LogP contribution in [0.1, 0.15) is 107 Å². The lowest BCUT2D eigenvalue weighted by Gasteiger charge is -2.06. The van der Waals surface area contributed by atoms with Gasteiger partial charge in [0, 0.05) is 6.20 Å². The molecule has 0 radical (unpaired) electrons. The van der Waals surface area contributed by atoms with Gasteiger partial charge in [-0.2, -0.15) is 0 Å². The van der Waals surface area contributed by atoms with Gasteiger partial charge in [0.15, 0.2) is 0 Å². The minimum Gasteiger partial charge on any atom is -0.464 e. The highest BCUT2D eigenvalue weighted by Crippen LogP contribution is 2.12. The zero-order valence-electron chi connectivity index (χ0n) is 18.3. The van der Waals surface area contributed by atoms with E-state index in [1.54, 1.807) is 24.4 Å². The van der Waals surface area contributed by atoms with Crippen molar-refractivity contribution in [1.82, 2.24) is 10.3 Å². The number of pyridine rings is 1. The first-order valence-corrected chi connectivity index (χ1v) is 11.6. The van der Waals surface area contributed by atoms with Gasteiger partial charge in [0.25, 0.3) is 5.91 Å². The molecule has 0 bridgehead atoms. The molecule has 5 heteroatoms. The third kappa shape index (κ3) is 14.7. The average molecular weight is 405 g/mol. The van der Waals surface area contributed by atoms with Crippen LogP contribution in [0, 0.1) is 0 Å². The Hall–Kier alpha value is -1.91. The number of carbonyl (C=O) groups is 2. The van der Waals surface area contributed by atoms with Gasteiger partial charge in [0.1, 0.15) is 12.2 Å². The normalized spacial score (nSPS) is 10.7. The van der Waals surface area contributed by atoms with Gasteiger partial charge in [0.2, 0.25) is 0 Å². The molecule has 0 fully saturated rings. The zero-order chi connectivity index (χ0) is 21.0. The molecule has 0 saturated heterocycles. The first-order valence-electron chi connectivity index (χ1n) is 11.6. The highest BCUT2D eigenvalue weighted by atomic mass is 16.5. The summed E-state index contributed by atoms with van der Waals surface area (Å²) in [6.45, 7) is 2.57. The molecule has 0 unspecified atom stereocenters. The van der Waals surface area contributed by atoms with Gasteiger partial charge >= 0.3 is 5.97 Å². The number of amides is 1. The monoisotopic (exact) mass is 404 g/mol. The van der Waals surface area contributed by atoms with E-state index in [9.17, 15) is 9.59 Å². The molecule has 1 N–H and O–H groups in total. The number of aromatic nitrogens is 1. The Kier molecular flexibility index (Phi) is 15.7. The first kappa shape index (κ1) is 25.1. The molecule has 29 heavy (non-hydrogen) atoms. The van der Waals surface area contributed by atoms with Crippen LogP contribution in [0.25, 0.3) is 0 Å². The topological polar surface area (TPSA) is 68.3 Å². The van der Waals surface area contributed by atoms with E-state index in [2.05, 4.69) is 17.2 Å². The van der Waals surface area contributed by atoms with Crippen molar-refractivity contribution in [3.8, 4) is 0 Å². The van der Waals surface area contributed by atoms with Crippen molar-refractivity contribution in [3.63, 3.8) is 0 Å². The van der Waals surface area contributed by atoms with E-state index < -0.39 is 5.97 Å². The number of hydrogen-bond acceptors (Lipinski definition) is 4. The highest BCUT2D eigenvalue weighted by molar-refractivity contribution is 5.94. The SMILES string of the molecule is CCCCCCCCCCCCCCCCOC(=O)CNC(=O)c1ccccn1. The van der Waals surface area contributed by atoms with E-state index in [1.807, 2.05) is 0 Å². The van der Waals surface area contributed by atoms with Gasteiger partial charge in [-0.1, -0.05) is 96.5 Å². The van der Waals surface area contributed by atoms with Crippen molar-refractivity contribution < 1.29 is 14.3 Å². The number of ether oxygens (including phenoxy) is 1. The third-order valence-electron chi connectivity index (χ3n) is 5.05. The number of carbonyl (C=O) groups excluding carboxylic acids is 2. The maximum absolute atomic E-state index is 11.8. The van der Waals surface area contributed by atoms with Crippen LogP contribution in [0.5, 0.6) is 0 Å². The number of rotatable bonds is 18. The van der Waals surface area contributed by atoms with Crippen LogP contribution in [0.15, 0.2) is 24.4 Å². The fourth-order valence-corrected chi connectivity index (χ4v) is 3.27. The van der Waals surface area contributed by atoms with Crippen LogP contribution in [-0.4, -0.2) is 30.0 Å². The van der Waals surface area contributed by atoms with Crippen molar-refractivity contribution in [2.75, 3.05) is 13.2 Å². The van der Waals surface area contributed by atoms with E-state index in [1.165, 1.54) is 77.0 Å². The molecule has 0 saturated carbocycles. The van der Waals surface area contributed by atoms with Gasteiger partial charge in [-0.05, 0) is 18.6 Å². The first-order chi connectivity index (χ1) is 14.2. The lowest BCUT2D eigenvalue weighted by Crippen LogP contribution is -2.31. The molecule has 0 aliphatic rings. The van der Waals surface area contributed by atoms with Crippen LogP contribution < -0.4 is 5.32 Å². The predicted octanol–water partition coefficient (Wildman–Crippen LogP) is 5.84. The summed E-state index contributed by atoms with van der Waals surface area (Å²) in [6.07, 6.45) is 19.8. The van der Waals surface area contributed by atoms with Gasteiger partial charge in [-0.3, -0.25) is 14.6 Å². The fraction of sp³-hybridized carbons (Fsp3) is 0.708. The number of hydrogen-bond donors (Lipinski definition) is 1. The van der Waals surface area contributed by atoms with Gasteiger partial charge in [-0.15, -0.1) is 0 Å². The fourth-order valence-electron chi connectivity index (χ4n) is 3.27. The number of unbranched alkanes of at least 4 members (excludes halogenated alkanes) is 13. The Morgan fingerprint density at radius 3 is 1.90 bits per heavy atom. The van der Waals surface area contributed by atoms with Gasteiger partial charge < -0.3 is 10.1 Å². The summed E-state index contributed by atoms with van der Waals surface area (Å²) in [4.78, 5) is 27.4. The second-order valence-electron chi connectivity index (χ2n) is 7.71. The Bertz CT molecular complexity index is 534. The molecule has 5 nitrogen and oxygen atoms in total. The van der Waals surface area contributed by atoms with Crippen molar-refractivity contribution >= 4 is 11.9 Å². The van der Waals surface area contributed by atoms with Crippen molar-refractivity contribution in [1.29, 1.82) is 0 Å². The molecule has 0 aliphatic heterocycles. The average Bonchev–Trinajstić information content (AvgIpc) is 2.75. The summed E-state index contributed by atoms with van der Waals surface area (Å²) in [5.74, 6) is -0.761. The van der Waals surface area contributed by atoms with E-state index >= 15 is 0 Å². The summed E-state index contributed by atoms with van der Waals surface area (Å²) < 4.78 is 5.16. The molecular formula is C24H40N2O3. The summed E-state index contributed by atoms with van der Waals surface area (Å²) in [7, 11) is 0. The lowest BCUT2D eigenvalue weighted by molar-refractivity contribution is -0.142. The lowest BCUT2D eigenvalue weighted by atomic mass is 10.0.